The third-order valence-electron chi connectivity index (χ3n) is 3.54. The van der Waals surface area contributed by atoms with Crippen LogP contribution in [0.1, 0.15) is 6.92 Å². The summed E-state index contributed by atoms with van der Waals surface area (Å²) in [6.45, 7) is 6.68. The van der Waals surface area contributed by atoms with Gasteiger partial charge in [0, 0.05) is 36.9 Å². The average Bonchev–Trinajstić information content (AvgIpc) is 2.63. The maximum atomic E-state index is 4.37. The summed E-state index contributed by atoms with van der Waals surface area (Å²) in [5.74, 6) is 0.692. The monoisotopic (exact) mass is 241 g/mol. The zero-order chi connectivity index (χ0) is 12.4. The highest BCUT2D eigenvalue weighted by Gasteiger charge is 2.14. The molecule has 2 heterocycles. The lowest BCUT2D eigenvalue weighted by molar-refractivity contribution is 0.564. The second-order valence-corrected chi connectivity index (χ2v) is 5.14. The van der Waals surface area contributed by atoms with Crippen molar-refractivity contribution in [2.24, 2.45) is 5.92 Å². The summed E-state index contributed by atoms with van der Waals surface area (Å²) >= 11 is 0. The first kappa shape index (κ1) is 11.5. The highest BCUT2D eigenvalue weighted by atomic mass is 15.2. The molecule has 1 atom stereocenters. The van der Waals surface area contributed by atoms with E-state index in [4.69, 9.17) is 0 Å². The van der Waals surface area contributed by atoms with Crippen molar-refractivity contribution in [1.29, 1.82) is 0 Å². The summed E-state index contributed by atoms with van der Waals surface area (Å²) in [6, 6.07) is 10.7. The molecule has 0 saturated carbocycles. The van der Waals surface area contributed by atoms with E-state index >= 15 is 0 Å². The van der Waals surface area contributed by atoms with Gasteiger partial charge in [-0.3, -0.25) is 4.98 Å². The summed E-state index contributed by atoms with van der Waals surface area (Å²) in [4.78, 5) is 6.84. The van der Waals surface area contributed by atoms with Crippen molar-refractivity contribution in [2.45, 2.75) is 6.92 Å². The van der Waals surface area contributed by atoms with Crippen molar-refractivity contribution in [3.8, 4) is 0 Å². The van der Waals surface area contributed by atoms with Crippen LogP contribution in [0.3, 0.4) is 0 Å². The molecule has 0 radical (unpaired) electrons. The fourth-order valence-corrected chi connectivity index (χ4v) is 2.59. The van der Waals surface area contributed by atoms with Gasteiger partial charge in [0.1, 0.15) is 0 Å². The van der Waals surface area contributed by atoms with Crippen molar-refractivity contribution < 1.29 is 0 Å². The van der Waals surface area contributed by atoms with Crippen LogP contribution in [-0.4, -0.2) is 31.2 Å². The van der Waals surface area contributed by atoms with E-state index in [-0.39, 0.29) is 0 Å². The Morgan fingerprint density at radius 2 is 2.28 bits per heavy atom. The molecule has 3 heteroatoms. The fraction of sp³-hybridized carbons (Fsp3) is 0.400. The molecule has 1 saturated heterocycles. The van der Waals surface area contributed by atoms with E-state index in [1.54, 1.807) is 0 Å². The van der Waals surface area contributed by atoms with Gasteiger partial charge < -0.3 is 10.2 Å². The number of anilines is 1. The van der Waals surface area contributed by atoms with Crippen LogP contribution in [-0.2, 0) is 0 Å². The van der Waals surface area contributed by atoms with E-state index in [1.165, 1.54) is 11.1 Å². The van der Waals surface area contributed by atoms with Crippen LogP contribution >= 0.6 is 0 Å². The van der Waals surface area contributed by atoms with Crippen LogP contribution in [0.25, 0.3) is 10.9 Å². The molecule has 0 amide bonds. The van der Waals surface area contributed by atoms with Crippen molar-refractivity contribution >= 4 is 16.6 Å². The third-order valence-corrected chi connectivity index (χ3v) is 3.54. The van der Waals surface area contributed by atoms with Gasteiger partial charge in [-0.05, 0) is 36.7 Å². The number of fused-ring (bicyclic) bond motifs is 1. The molecule has 1 aromatic carbocycles. The Balaban J connectivity index is 1.92. The lowest BCUT2D eigenvalue weighted by Crippen LogP contribution is -2.29. The number of nitrogens with one attached hydrogen (secondary N) is 1. The molecule has 3 nitrogen and oxygen atoms in total. The minimum absolute atomic E-state index is 0.692. The molecular weight excluding hydrogens is 222 g/mol. The van der Waals surface area contributed by atoms with Crippen molar-refractivity contribution in [3.05, 3.63) is 36.5 Å². The predicted molar refractivity (Wildman–Crippen MR) is 76.0 cm³/mol. The SMILES string of the molecule is CC1CNCCN(c2ccc3ncccc3c2)C1. The normalized spacial score (nSPS) is 20.9. The number of nitrogens with zero attached hydrogens (tertiary/aromatic N) is 2. The summed E-state index contributed by atoms with van der Waals surface area (Å²) in [7, 11) is 0. The summed E-state index contributed by atoms with van der Waals surface area (Å²) in [6.07, 6.45) is 1.85. The quantitative estimate of drug-likeness (QED) is 0.830. The third kappa shape index (κ3) is 2.31. The molecule has 3 rings (SSSR count). The number of hydrogen-bond acceptors (Lipinski definition) is 3. The van der Waals surface area contributed by atoms with Crippen molar-refractivity contribution in [1.82, 2.24) is 10.3 Å². The molecule has 1 unspecified atom stereocenters. The van der Waals surface area contributed by atoms with Gasteiger partial charge in [0.25, 0.3) is 0 Å². The molecular formula is C15H19N3. The fourth-order valence-electron chi connectivity index (χ4n) is 2.59. The highest BCUT2D eigenvalue weighted by Crippen LogP contribution is 2.22. The largest absolute Gasteiger partial charge is 0.370 e. The minimum atomic E-state index is 0.692. The maximum Gasteiger partial charge on any atom is 0.0703 e. The lowest BCUT2D eigenvalue weighted by atomic mass is 10.1. The van der Waals surface area contributed by atoms with Crippen LogP contribution in [0, 0.1) is 5.92 Å². The van der Waals surface area contributed by atoms with Crippen LogP contribution in [0.15, 0.2) is 36.5 Å². The topological polar surface area (TPSA) is 28.2 Å². The average molecular weight is 241 g/mol. The van der Waals surface area contributed by atoms with Gasteiger partial charge in [0.15, 0.2) is 0 Å². The Morgan fingerprint density at radius 3 is 3.22 bits per heavy atom. The Morgan fingerprint density at radius 1 is 1.33 bits per heavy atom. The zero-order valence-corrected chi connectivity index (χ0v) is 10.8. The van der Waals surface area contributed by atoms with E-state index in [1.807, 2.05) is 12.3 Å². The van der Waals surface area contributed by atoms with Crippen LogP contribution < -0.4 is 10.2 Å². The second kappa shape index (κ2) is 4.94. The molecule has 0 bridgehead atoms. The second-order valence-electron chi connectivity index (χ2n) is 5.14. The first-order valence-electron chi connectivity index (χ1n) is 6.63. The maximum absolute atomic E-state index is 4.37. The Labute approximate surface area is 108 Å². The highest BCUT2D eigenvalue weighted by molar-refractivity contribution is 5.82. The lowest BCUT2D eigenvalue weighted by Gasteiger charge is -2.24. The summed E-state index contributed by atoms with van der Waals surface area (Å²) < 4.78 is 0. The molecule has 0 spiro atoms. The van der Waals surface area contributed by atoms with E-state index < -0.39 is 0 Å². The van der Waals surface area contributed by atoms with E-state index in [0.717, 1.165) is 31.7 Å². The Hall–Kier alpha value is -1.61. The van der Waals surface area contributed by atoms with Gasteiger partial charge in [0.05, 0.1) is 5.52 Å². The van der Waals surface area contributed by atoms with Crippen molar-refractivity contribution in [3.63, 3.8) is 0 Å². The van der Waals surface area contributed by atoms with E-state index in [9.17, 15) is 0 Å². The summed E-state index contributed by atoms with van der Waals surface area (Å²) in [5, 5.41) is 4.70. The molecule has 0 aliphatic carbocycles. The number of rotatable bonds is 1. The molecule has 1 aliphatic rings. The number of pyridine rings is 1. The van der Waals surface area contributed by atoms with E-state index in [2.05, 4.69) is 46.4 Å². The first-order chi connectivity index (χ1) is 8.83. The Bertz CT molecular complexity index is 538. The molecule has 1 N–H and O–H groups in total. The smallest absolute Gasteiger partial charge is 0.0703 e. The number of benzene rings is 1. The van der Waals surface area contributed by atoms with Gasteiger partial charge in [-0.15, -0.1) is 0 Å². The molecule has 1 aromatic heterocycles. The van der Waals surface area contributed by atoms with Gasteiger partial charge in [-0.2, -0.15) is 0 Å². The first-order valence-corrected chi connectivity index (χ1v) is 6.63. The van der Waals surface area contributed by atoms with Gasteiger partial charge in [-0.25, -0.2) is 0 Å². The number of hydrogen-bond donors (Lipinski definition) is 1. The van der Waals surface area contributed by atoms with Gasteiger partial charge in [0.2, 0.25) is 0 Å². The predicted octanol–water partition coefficient (Wildman–Crippen LogP) is 2.28. The molecule has 18 heavy (non-hydrogen) atoms. The summed E-state index contributed by atoms with van der Waals surface area (Å²) in [5.41, 5.74) is 2.38. The molecule has 1 fully saturated rings. The van der Waals surface area contributed by atoms with Crippen LogP contribution in [0.5, 0.6) is 0 Å². The molecule has 2 aromatic rings. The van der Waals surface area contributed by atoms with Gasteiger partial charge >= 0.3 is 0 Å². The molecule has 94 valence electrons. The zero-order valence-electron chi connectivity index (χ0n) is 10.8. The Kier molecular flexibility index (Phi) is 3.15. The van der Waals surface area contributed by atoms with Crippen LogP contribution in [0.4, 0.5) is 5.69 Å². The standard InChI is InChI=1S/C15H19N3/c1-12-10-16-7-8-18(11-12)14-4-5-15-13(9-14)3-2-6-17-15/h2-6,9,12,16H,7-8,10-11H2,1H3. The minimum Gasteiger partial charge on any atom is -0.370 e. The van der Waals surface area contributed by atoms with Gasteiger partial charge in [-0.1, -0.05) is 13.0 Å². The molecule has 1 aliphatic heterocycles. The number of aromatic nitrogens is 1. The van der Waals surface area contributed by atoms with Crippen molar-refractivity contribution in [2.75, 3.05) is 31.1 Å². The van der Waals surface area contributed by atoms with Crippen LogP contribution in [0.2, 0.25) is 0 Å². The van der Waals surface area contributed by atoms with E-state index in [0.29, 0.717) is 5.92 Å².